The summed E-state index contributed by atoms with van der Waals surface area (Å²) in [5.74, 6) is 0.974. The Balaban J connectivity index is 1.96. The van der Waals surface area contributed by atoms with E-state index in [1.807, 2.05) is 24.3 Å². The van der Waals surface area contributed by atoms with E-state index in [4.69, 9.17) is 4.74 Å². The van der Waals surface area contributed by atoms with Gasteiger partial charge in [-0.2, -0.15) is 0 Å². The second kappa shape index (κ2) is 6.27. The second-order valence-corrected chi connectivity index (χ2v) is 6.58. The van der Waals surface area contributed by atoms with Gasteiger partial charge < -0.3 is 10.1 Å². The zero-order valence-corrected chi connectivity index (χ0v) is 13.7. The number of halogens is 1. The van der Waals surface area contributed by atoms with Gasteiger partial charge in [0.2, 0.25) is 0 Å². The molecule has 19 heavy (non-hydrogen) atoms. The van der Waals surface area contributed by atoms with Crippen LogP contribution in [0.1, 0.15) is 40.0 Å². The lowest BCUT2D eigenvalue weighted by Gasteiger charge is -2.53. The molecule has 1 fully saturated rings. The van der Waals surface area contributed by atoms with E-state index in [0.717, 1.165) is 29.6 Å². The van der Waals surface area contributed by atoms with Crippen LogP contribution in [0.3, 0.4) is 0 Å². The third-order valence-corrected chi connectivity index (χ3v) is 5.00. The van der Waals surface area contributed by atoms with Gasteiger partial charge in [-0.05, 0) is 43.7 Å². The molecule has 1 N–H and O–H groups in total. The van der Waals surface area contributed by atoms with Gasteiger partial charge in [-0.15, -0.1) is 0 Å². The number of nitrogens with one attached hydrogen (secondary N) is 1. The lowest BCUT2D eigenvalue weighted by atomic mass is 9.61. The zero-order chi connectivity index (χ0) is 13.9. The van der Waals surface area contributed by atoms with Crippen LogP contribution in [-0.4, -0.2) is 18.7 Å². The third-order valence-electron chi connectivity index (χ3n) is 4.48. The fraction of sp³-hybridized carbons (Fsp3) is 0.625. The molecule has 0 bridgehead atoms. The van der Waals surface area contributed by atoms with Crippen LogP contribution in [0.25, 0.3) is 0 Å². The van der Waals surface area contributed by atoms with E-state index in [9.17, 15) is 0 Å². The number of rotatable bonds is 6. The van der Waals surface area contributed by atoms with Gasteiger partial charge in [-0.3, -0.25) is 0 Å². The van der Waals surface area contributed by atoms with Crippen molar-refractivity contribution in [2.24, 2.45) is 5.41 Å². The molecule has 3 unspecified atom stereocenters. The van der Waals surface area contributed by atoms with Crippen LogP contribution in [0.2, 0.25) is 0 Å². The predicted octanol–water partition coefficient (Wildman–Crippen LogP) is 4.38. The minimum absolute atomic E-state index is 0.252. The van der Waals surface area contributed by atoms with Crippen molar-refractivity contribution in [1.82, 2.24) is 5.32 Å². The minimum atomic E-state index is 0.252. The molecule has 1 aromatic rings. The Bertz CT molecular complexity index is 406. The summed E-state index contributed by atoms with van der Waals surface area (Å²) in [4.78, 5) is 0. The van der Waals surface area contributed by atoms with Gasteiger partial charge >= 0.3 is 0 Å². The number of hydrogen-bond donors (Lipinski definition) is 1. The van der Waals surface area contributed by atoms with Gasteiger partial charge in [-0.25, -0.2) is 0 Å². The molecule has 1 aliphatic rings. The maximum atomic E-state index is 6.16. The molecule has 0 spiro atoms. The van der Waals surface area contributed by atoms with Gasteiger partial charge in [0, 0.05) is 22.4 Å². The van der Waals surface area contributed by atoms with Gasteiger partial charge in [-0.1, -0.05) is 36.7 Å². The molecular formula is C16H24BrNO. The Kier molecular flexibility index (Phi) is 4.91. The van der Waals surface area contributed by atoms with E-state index in [0.29, 0.717) is 12.1 Å². The summed E-state index contributed by atoms with van der Waals surface area (Å²) in [6.07, 6.45) is 3.78. The van der Waals surface area contributed by atoms with Crippen LogP contribution in [0, 0.1) is 5.41 Å². The van der Waals surface area contributed by atoms with E-state index in [2.05, 4.69) is 42.0 Å². The average Bonchev–Trinajstić information content (AvgIpc) is 2.43. The molecule has 1 aromatic carbocycles. The van der Waals surface area contributed by atoms with Gasteiger partial charge in [0.15, 0.2) is 0 Å². The Morgan fingerprint density at radius 1 is 1.32 bits per heavy atom. The van der Waals surface area contributed by atoms with Crippen molar-refractivity contribution in [2.75, 3.05) is 6.54 Å². The molecule has 1 aliphatic carbocycles. The summed E-state index contributed by atoms with van der Waals surface area (Å²) >= 11 is 3.45. The first-order valence-electron chi connectivity index (χ1n) is 7.25. The Hall–Kier alpha value is -0.540. The van der Waals surface area contributed by atoms with Crippen molar-refractivity contribution in [3.63, 3.8) is 0 Å². The van der Waals surface area contributed by atoms with Crippen LogP contribution in [0.4, 0.5) is 0 Å². The van der Waals surface area contributed by atoms with Gasteiger partial charge in [0.1, 0.15) is 11.9 Å². The highest BCUT2D eigenvalue weighted by Crippen LogP contribution is 2.46. The molecule has 106 valence electrons. The normalized spacial score (nSPS) is 29.9. The van der Waals surface area contributed by atoms with Crippen molar-refractivity contribution in [1.29, 1.82) is 0 Å². The van der Waals surface area contributed by atoms with Crippen LogP contribution < -0.4 is 10.1 Å². The molecule has 0 aliphatic heterocycles. The van der Waals surface area contributed by atoms with Gasteiger partial charge in [0.05, 0.1) is 0 Å². The zero-order valence-electron chi connectivity index (χ0n) is 12.1. The standard InChI is InChI=1S/C16H24BrNO/c1-4-10-18-14-11-15(16(14,3)5-2)19-13-8-6-12(17)7-9-13/h6-9,14-15,18H,4-5,10-11H2,1-3H3. The van der Waals surface area contributed by atoms with E-state index in [-0.39, 0.29) is 5.41 Å². The molecule has 0 saturated heterocycles. The van der Waals surface area contributed by atoms with Crippen molar-refractivity contribution in [3.8, 4) is 5.75 Å². The van der Waals surface area contributed by atoms with Crippen molar-refractivity contribution >= 4 is 15.9 Å². The number of hydrogen-bond acceptors (Lipinski definition) is 2. The first-order chi connectivity index (χ1) is 9.10. The lowest BCUT2D eigenvalue weighted by Crippen LogP contribution is -2.63. The topological polar surface area (TPSA) is 21.3 Å². The highest BCUT2D eigenvalue weighted by atomic mass is 79.9. The summed E-state index contributed by atoms with van der Waals surface area (Å²) < 4.78 is 7.25. The summed E-state index contributed by atoms with van der Waals surface area (Å²) in [5.41, 5.74) is 0.252. The first-order valence-corrected chi connectivity index (χ1v) is 8.05. The molecule has 0 aromatic heterocycles. The maximum Gasteiger partial charge on any atom is 0.119 e. The van der Waals surface area contributed by atoms with Crippen LogP contribution >= 0.6 is 15.9 Å². The smallest absolute Gasteiger partial charge is 0.119 e. The molecule has 0 amide bonds. The SMILES string of the molecule is CCCNC1CC(Oc2ccc(Br)cc2)C1(C)CC. The van der Waals surface area contributed by atoms with E-state index < -0.39 is 0 Å². The molecular weight excluding hydrogens is 302 g/mol. The van der Waals surface area contributed by atoms with Crippen molar-refractivity contribution in [3.05, 3.63) is 28.7 Å². The summed E-state index contributed by atoms with van der Waals surface area (Å²) in [6.45, 7) is 7.92. The largest absolute Gasteiger partial charge is 0.490 e. The molecule has 2 nitrogen and oxygen atoms in total. The Morgan fingerprint density at radius 3 is 2.58 bits per heavy atom. The molecule has 3 atom stereocenters. The lowest BCUT2D eigenvalue weighted by molar-refractivity contribution is -0.0701. The Morgan fingerprint density at radius 2 is 2.00 bits per heavy atom. The van der Waals surface area contributed by atoms with Crippen molar-refractivity contribution < 1.29 is 4.74 Å². The fourth-order valence-corrected chi connectivity index (χ4v) is 3.05. The van der Waals surface area contributed by atoms with E-state index in [1.54, 1.807) is 0 Å². The molecule has 0 radical (unpaired) electrons. The third kappa shape index (κ3) is 3.14. The maximum absolute atomic E-state index is 6.16. The molecule has 2 rings (SSSR count). The van der Waals surface area contributed by atoms with Crippen LogP contribution in [-0.2, 0) is 0 Å². The monoisotopic (exact) mass is 325 g/mol. The summed E-state index contributed by atoms with van der Waals surface area (Å²) in [5, 5.41) is 3.65. The van der Waals surface area contributed by atoms with Crippen LogP contribution in [0.5, 0.6) is 5.75 Å². The average molecular weight is 326 g/mol. The van der Waals surface area contributed by atoms with E-state index in [1.165, 1.54) is 6.42 Å². The highest BCUT2D eigenvalue weighted by Gasteiger charge is 2.51. The van der Waals surface area contributed by atoms with E-state index >= 15 is 0 Å². The number of benzene rings is 1. The summed E-state index contributed by atoms with van der Waals surface area (Å²) in [7, 11) is 0. The predicted molar refractivity (Wildman–Crippen MR) is 83.7 cm³/mol. The number of ether oxygens (including phenoxy) is 1. The highest BCUT2D eigenvalue weighted by molar-refractivity contribution is 9.10. The molecule has 0 heterocycles. The second-order valence-electron chi connectivity index (χ2n) is 5.66. The molecule has 3 heteroatoms. The van der Waals surface area contributed by atoms with Crippen LogP contribution in [0.15, 0.2) is 28.7 Å². The first kappa shape index (κ1) is 14.9. The minimum Gasteiger partial charge on any atom is -0.490 e. The fourth-order valence-electron chi connectivity index (χ4n) is 2.79. The quantitative estimate of drug-likeness (QED) is 0.837. The van der Waals surface area contributed by atoms with Gasteiger partial charge in [0.25, 0.3) is 0 Å². The molecule has 1 saturated carbocycles. The Labute approximate surface area is 125 Å². The summed E-state index contributed by atoms with van der Waals surface area (Å²) in [6, 6.07) is 8.73. The van der Waals surface area contributed by atoms with Crippen molar-refractivity contribution in [2.45, 2.75) is 52.2 Å².